The molecule has 3 aromatic rings. The summed E-state index contributed by atoms with van der Waals surface area (Å²) in [7, 11) is -5.54. The highest BCUT2D eigenvalue weighted by Gasteiger charge is 2.47. The Bertz CT molecular complexity index is 1470. The van der Waals surface area contributed by atoms with Gasteiger partial charge in [-0.2, -0.15) is 13.2 Å². The Balaban J connectivity index is 1.45. The van der Waals surface area contributed by atoms with Gasteiger partial charge in [-0.3, -0.25) is 9.78 Å². The first kappa shape index (κ1) is 25.0. The Morgan fingerprint density at radius 2 is 1.59 bits per heavy atom. The number of hydrogen-bond donors (Lipinski definition) is 0. The number of benzene rings is 2. The van der Waals surface area contributed by atoms with Crippen LogP contribution < -0.4 is 9.80 Å². The minimum Gasteiger partial charge on any atom is -0.370 e. The molecule has 0 aliphatic carbocycles. The molecule has 3 heterocycles. The number of nitrogens with zero attached hydrogens (tertiary/aromatic N) is 4. The third-order valence-electron chi connectivity index (χ3n) is 6.66. The molecule has 2 aliphatic rings. The number of pyridine rings is 1. The summed E-state index contributed by atoms with van der Waals surface area (Å²) in [5, 5.41) is 0.867. The molecule has 0 atom stereocenters. The fraction of sp³-hybridized carbons (Fsp3) is 0.320. The molecule has 194 valence electrons. The van der Waals surface area contributed by atoms with Crippen molar-refractivity contribution in [2.45, 2.75) is 36.2 Å². The first-order chi connectivity index (χ1) is 17.6. The lowest BCUT2D eigenvalue weighted by Gasteiger charge is -2.31. The third-order valence-corrected chi connectivity index (χ3v) is 8.16. The summed E-state index contributed by atoms with van der Waals surface area (Å²) in [5.41, 5.74) is -2.94. The molecule has 2 saturated heterocycles. The summed E-state index contributed by atoms with van der Waals surface area (Å²) in [4.78, 5) is 34.2. The van der Waals surface area contributed by atoms with Gasteiger partial charge < -0.3 is 9.80 Å². The Morgan fingerprint density at radius 1 is 0.919 bits per heavy atom. The standard InChI is InChI=1S/C25H23F3N4O4S/c26-25(27,28)37(35,36)18-10-8-17(9-11-18)32-23(33)16-31(24(32)34)15-20-19-6-2-3-7-21(19)29-14-22(20)30-12-4-1-5-13-30/h2-3,6-11,14H,1,4-5,12-13,15-16H2. The molecular weight excluding hydrogens is 509 g/mol. The van der Waals surface area contributed by atoms with Crippen molar-refractivity contribution in [3.05, 3.63) is 60.3 Å². The number of urea groups is 1. The van der Waals surface area contributed by atoms with Crippen LogP contribution >= 0.6 is 0 Å². The molecule has 0 spiro atoms. The zero-order chi connectivity index (χ0) is 26.4. The van der Waals surface area contributed by atoms with Gasteiger partial charge in [0, 0.05) is 24.0 Å². The Hall–Kier alpha value is -3.67. The van der Waals surface area contributed by atoms with E-state index in [0.29, 0.717) is 0 Å². The largest absolute Gasteiger partial charge is 0.501 e. The van der Waals surface area contributed by atoms with Crippen molar-refractivity contribution in [3.63, 3.8) is 0 Å². The zero-order valence-electron chi connectivity index (χ0n) is 19.6. The number of amides is 3. The van der Waals surface area contributed by atoms with Crippen LogP contribution in [0.4, 0.5) is 29.3 Å². The van der Waals surface area contributed by atoms with Crippen molar-refractivity contribution in [2.24, 2.45) is 0 Å². The summed E-state index contributed by atoms with van der Waals surface area (Å²) in [5.74, 6) is -0.561. The lowest BCUT2D eigenvalue weighted by molar-refractivity contribution is -0.116. The van der Waals surface area contributed by atoms with Crippen LogP contribution in [0.3, 0.4) is 0 Å². The third kappa shape index (κ3) is 4.50. The quantitative estimate of drug-likeness (QED) is 0.450. The fourth-order valence-electron chi connectivity index (χ4n) is 4.79. The van der Waals surface area contributed by atoms with Crippen LogP contribution in [-0.4, -0.2) is 55.4 Å². The maximum atomic E-state index is 13.3. The summed E-state index contributed by atoms with van der Waals surface area (Å²) in [6, 6.07) is 10.4. The number of sulfone groups is 1. The van der Waals surface area contributed by atoms with Crippen LogP contribution in [0.1, 0.15) is 24.8 Å². The Labute approximate surface area is 211 Å². The number of aromatic nitrogens is 1. The smallest absolute Gasteiger partial charge is 0.370 e. The van der Waals surface area contributed by atoms with Crippen molar-refractivity contribution in [1.82, 2.24) is 9.88 Å². The molecule has 2 aliphatic heterocycles. The number of carbonyl (C=O) groups is 2. The van der Waals surface area contributed by atoms with E-state index in [0.717, 1.165) is 83.7 Å². The molecule has 5 rings (SSSR count). The van der Waals surface area contributed by atoms with E-state index < -0.39 is 32.2 Å². The van der Waals surface area contributed by atoms with Gasteiger partial charge in [0.15, 0.2) is 0 Å². The molecule has 0 radical (unpaired) electrons. The lowest BCUT2D eigenvalue weighted by atomic mass is 10.0. The second-order valence-electron chi connectivity index (χ2n) is 9.00. The second kappa shape index (κ2) is 9.33. The van der Waals surface area contributed by atoms with Crippen molar-refractivity contribution < 1.29 is 31.2 Å². The van der Waals surface area contributed by atoms with Gasteiger partial charge in [0.2, 0.25) is 0 Å². The topological polar surface area (TPSA) is 90.9 Å². The van der Waals surface area contributed by atoms with E-state index in [4.69, 9.17) is 0 Å². The molecule has 8 nitrogen and oxygen atoms in total. The normalized spacial score (nSPS) is 17.2. The number of halogens is 3. The molecule has 0 saturated carbocycles. The molecule has 37 heavy (non-hydrogen) atoms. The van der Waals surface area contributed by atoms with E-state index >= 15 is 0 Å². The summed E-state index contributed by atoms with van der Waals surface area (Å²) < 4.78 is 61.9. The predicted molar refractivity (Wildman–Crippen MR) is 131 cm³/mol. The minimum atomic E-state index is -5.54. The van der Waals surface area contributed by atoms with Crippen LogP contribution in [0.25, 0.3) is 10.9 Å². The minimum absolute atomic E-state index is 0.00513. The maximum Gasteiger partial charge on any atom is 0.501 e. The Kier molecular flexibility index (Phi) is 6.30. The molecule has 2 fully saturated rings. The maximum absolute atomic E-state index is 13.3. The highest BCUT2D eigenvalue weighted by molar-refractivity contribution is 7.92. The number of imide groups is 1. The first-order valence-corrected chi connectivity index (χ1v) is 13.2. The number of fused-ring (bicyclic) bond motifs is 1. The number of hydrogen-bond acceptors (Lipinski definition) is 6. The van der Waals surface area contributed by atoms with E-state index in [-0.39, 0.29) is 18.8 Å². The molecule has 2 aromatic carbocycles. The summed E-state index contributed by atoms with van der Waals surface area (Å²) in [6.45, 7) is 1.63. The van der Waals surface area contributed by atoms with Crippen molar-refractivity contribution in [2.75, 3.05) is 29.4 Å². The molecule has 1 aromatic heterocycles. The van der Waals surface area contributed by atoms with E-state index in [1.54, 1.807) is 6.20 Å². The zero-order valence-corrected chi connectivity index (χ0v) is 20.4. The van der Waals surface area contributed by atoms with Gasteiger partial charge in [0.05, 0.1) is 34.5 Å². The van der Waals surface area contributed by atoms with Crippen LogP contribution in [0.5, 0.6) is 0 Å². The van der Waals surface area contributed by atoms with E-state index in [1.807, 2.05) is 24.3 Å². The van der Waals surface area contributed by atoms with E-state index in [9.17, 15) is 31.2 Å². The van der Waals surface area contributed by atoms with E-state index in [2.05, 4.69) is 9.88 Å². The van der Waals surface area contributed by atoms with E-state index in [1.165, 1.54) is 4.90 Å². The molecule has 0 N–H and O–H groups in total. The van der Waals surface area contributed by atoms with Gasteiger partial charge in [-0.1, -0.05) is 18.2 Å². The SMILES string of the molecule is O=C1CN(Cc2c(N3CCCCC3)cnc3ccccc23)C(=O)N1c1ccc(S(=O)(=O)C(F)(F)F)cc1. The molecule has 0 bridgehead atoms. The molecular formula is C25H23F3N4O4S. The number of rotatable bonds is 5. The fourth-order valence-corrected chi connectivity index (χ4v) is 5.55. The van der Waals surface area contributed by atoms with Crippen LogP contribution in [-0.2, 0) is 21.2 Å². The van der Waals surface area contributed by atoms with Gasteiger partial charge in [-0.05, 0) is 49.6 Å². The summed E-state index contributed by atoms with van der Waals surface area (Å²) in [6.07, 6.45) is 5.02. The number of para-hydroxylation sites is 1. The van der Waals surface area contributed by atoms with Crippen LogP contribution in [0.15, 0.2) is 59.6 Å². The van der Waals surface area contributed by atoms with Crippen LogP contribution in [0.2, 0.25) is 0 Å². The molecule has 12 heteroatoms. The molecule has 3 amide bonds. The first-order valence-electron chi connectivity index (χ1n) is 11.7. The average Bonchev–Trinajstić information content (AvgIpc) is 3.16. The number of carbonyl (C=O) groups excluding carboxylic acids is 2. The monoisotopic (exact) mass is 532 g/mol. The van der Waals surface area contributed by atoms with Crippen molar-refractivity contribution in [3.8, 4) is 0 Å². The summed E-state index contributed by atoms with van der Waals surface area (Å²) >= 11 is 0. The van der Waals surface area contributed by atoms with Crippen LogP contribution in [0, 0.1) is 0 Å². The predicted octanol–water partition coefficient (Wildman–Crippen LogP) is 4.49. The average molecular weight is 533 g/mol. The van der Waals surface area contributed by atoms with Gasteiger partial charge in [-0.15, -0.1) is 0 Å². The van der Waals surface area contributed by atoms with Gasteiger partial charge in [0.25, 0.3) is 15.7 Å². The second-order valence-corrected chi connectivity index (χ2v) is 10.9. The number of alkyl halides is 3. The highest BCUT2D eigenvalue weighted by atomic mass is 32.2. The van der Waals surface area contributed by atoms with Crippen molar-refractivity contribution >= 4 is 44.1 Å². The van der Waals surface area contributed by atoms with Gasteiger partial charge >= 0.3 is 11.5 Å². The molecule has 0 unspecified atom stereocenters. The number of anilines is 2. The lowest BCUT2D eigenvalue weighted by Crippen LogP contribution is -2.34. The Morgan fingerprint density at radius 3 is 2.27 bits per heavy atom. The number of piperidine rings is 1. The highest BCUT2D eigenvalue weighted by Crippen LogP contribution is 2.34. The van der Waals surface area contributed by atoms with Gasteiger partial charge in [0.1, 0.15) is 6.54 Å². The van der Waals surface area contributed by atoms with Crippen molar-refractivity contribution in [1.29, 1.82) is 0 Å². The van der Waals surface area contributed by atoms with Gasteiger partial charge in [-0.25, -0.2) is 18.1 Å².